The number of aromatic nitrogens is 1. The zero-order valence-corrected chi connectivity index (χ0v) is 12.1. The van der Waals surface area contributed by atoms with Gasteiger partial charge in [-0.1, -0.05) is 25.7 Å². The lowest BCUT2D eigenvalue weighted by atomic mass is 9.95. The van der Waals surface area contributed by atoms with Gasteiger partial charge in [0.25, 0.3) is 0 Å². The van der Waals surface area contributed by atoms with Crippen LogP contribution in [0.1, 0.15) is 69.2 Å². The number of ether oxygens (including phenoxy) is 1. The first-order chi connectivity index (χ1) is 8.68. The molecule has 4 heteroatoms. The van der Waals surface area contributed by atoms with Gasteiger partial charge < -0.3 is 9.84 Å². The Morgan fingerprint density at radius 1 is 1.39 bits per heavy atom. The Kier molecular flexibility index (Phi) is 4.76. The first-order valence-corrected chi connectivity index (χ1v) is 7.84. The summed E-state index contributed by atoms with van der Waals surface area (Å²) in [7, 11) is 0. The number of thiazole rings is 1. The minimum absolute atomic E-state index is 0.191. The van der Waals surface area contributed by atoms with Gasteiger partial charge in [-0.2, -0.15) is 0 Å². The molecule has 18 heavy (non-hydrogen) atoms. The molecule has 0 bridgehead atoms. The van der Waals surface area contributed by atoms with Crippen LogP contribution in [0.15, 0.2) is 5.38 Å². The Labute approximate surface area is 113 Å². The van der Waals surface area contributed by atoms with Crippen molar-refractivity contribution in [3.63, 3.8) is 0 Å². The average molecular weight is 269 g/mol. The van der Waals surface area contributed by atoms with Crippen LogP contribution in [0.3, 0.4) is 0 Å². The molecule has 0 radical (unpaired) electrons. The van der Waals surface area contributed by atoms with Gasteiger partial charge in [0.2, 0.25) is 0 Å². The van der Waals surface area contributed by atoms with Crippen molar-refractivity contribution in [3.05, 3.63) is 16.1 Å². The van der Waals surface area contributed by atoms with E-state index in [9.17, 15) is 5.11 Å². The molecule has 1 aliphatic carbocycles. The van der Waals surface area contributed by atoms with E-state index in [1.165, 1.54) is 25.7 Å². The van der Waals surface area contributed by atoms with Crippen LogP contribution >= 0.6 is 11.3 Å². The lowest BCUT2D eigenvalue weighted by molar-refractivity contribution is -0.0561. The molecule has 3 nitrogen and oxygen atoms in total. The second-order valence-corrected chi connectivity index (χ2v) is 5.95. The van der Waals surface area contributed by atoms with Gasteiger partial charge in [-0.15, -0.1) is 11.3 Å². The molecule has 1 aromatic heterocycles. The number of nitrogens with zero attached hydrogens (tertiary/aromatic N) is 1. The maximum Gasteiger partial charge on any atom is 0.125 e. The number of aliphatic hydroxyl groups excluding tert-OH is 1. The number of rotatable bonds is 4. The van der Waals surface area contributed by atoms with Crippen LogP contribution in [-0.2, 0) is 10.3 Å². The van der Waals surface area contributed by atoms with Gasteiger partial charge in [-0.3, -0.25) is 0 Å². The van der Waals surface area contributed by atoms with Crippen LogP contribution in [0, 0.1) is 0 Å². The molecule has 0 aliphatic heterocycles. The summed E-state index contributed by atoms with van der Waals surface area (Å²) in [4.78, 5) is 4.61. The van der Waals surface area contributed by atoms with Crippen LogP contribution in [-0.4, -0.2) is 16.7 Å². The molecule has 1 N–H and O–H groups in total. The first kappa shape index (κ1) is 14.0. The number of hydrogen-bond donors (Lipinski definition) is 1. The predicted molar refractivity (Wildman–Crippen MR) is 73.8 cm³/mol. The molecule has 1 fully saturated rings. The van der Waals surface area contributed by atoms with Crippen molar-refractivity contribution in [2.45, 2.75) is 64.1 Å². The molecule has 1 unspecified atom stereocenters. The quantitative estimate of drug-likeness (QED) is 0.846. The average Bonchev–Trinajstić information content (AvgIpc) is 2.73. The summed E-state index contributed by atoms with van der Waals surface area (Å²) in [6.45, 7) is 4.54. The van der Waals surface area contributed by atoms with Crippen molar-refractivity contribution in [2.75, 3.05) is 6.61 Å². The highest BCUT2D eigenvalue weighted by Gasteiger charge is 2.36. The molecule has 1 atom stereocenters. The third kappa shape index (κ3) is 2.92. The zero-order valence-electron chi connectivity index (χ0n) is 11.3. The largest absolute Gasteiger partial charge is 0.387 e. The van der Waals surface area contributed by atoms with Crippen LogP contribution in [0.25, 0.3) is 0 Å². The second kappa shape index (κ2) is 6.13. The van der Waals surface area contributed by atoms with Gasteiger partial charge in [-0.05, 0) is 26.7 Å². The van der Waals surface area contributed by atoms with Crippen LogP contribution < -0.4 is 0 Å². The van der Waals surface area contributed by atoms with Crippen molar-refractivity contribution < 1.29 is 9.84 Å². The van der Waals surface area contributed by atoms with E-state index < -0.39 is 6.10 Å². The summed E-state index contributed by atoms with van der Waals surface area (Å²) in [6.07, 6.45) is 6.65. The minimum atomic E-state index is -0.487. The van der Waals surface area contributed by atoms with E-state index in [1.54, 1.807) is 18.3 Å². The van der Waals surface area contributed by atoms with E-state index in [1.807, 2.05) is 5.38 Å². The van der Waals surface area contributed by atoms with Gasteiger partial charge in [0.15, 0.2) is 0 Å². The fraction of sp³-hybridized carbons (Fsp3) is 0.786. The van der Waals surface area contributed by atoms with E-state index in [4.69, 9.17) is 4.74 Å². The van der Waals surface area contributed by atoms with E-state index >= 15 is 0 Å². The molecule has 1 heterocycles. The van der Waals surface area contributed by atoms with Crippen molar-refractivity contribution in [3.8, 4) is 0 Å². The fourth-order valence-corrected chi connectivity index (χ4v) is 3.80. The van der Waals surface area contributed by atoms with Crippen LogP contribution in [0.4, 0.5) is 0 Å². The smallest absolute Gasteiger partial charge is 0.125 e. The second-order valence-electron chi connectivity index (χ2n) is 5.10. The third-order valence-electron chi connectivity index (χ3n) is 3.67. The fourth-order valence-electron chi connectivity index (χ4n) is 2.68. The molecular weight excluding hydrogens is 246 g/mol. The Morgan fingerprint density at radius 2 is 2.06 bits per heavy atom. The van der Waals surface area contributed by atoms with Crippen molar-refractivity contribution >= 4 is 11.3 Å². The predicted octanol–water partition coefficient (Wildman–Crippen LogP) is 3.78. The summed E-state index contributed by atoms with van der Waals surface area (Å²) in [6, 6.07) is 0. The summed E-state index contributed by atoms with van der Waals surface area (Å²) in [5.41, 5.74) is 0.585. The van der Waals surface area contributed by atoms with E-state index in [2.05, 4.69) is 11.9 Å². The van der Waals surface area contributed by atoms with Crippen LogP contribution in [0.2, 0.25) is 0 Å². The highest BCUT2D eigenvalue weighted by molar-refractivity contribution is 7.09. The molecule has 1 aromatic rings. The molecule has 2 rings (SSSR count). The molecule has 1 saturated carbocycles. The van der Waals surface area contributed by atoms with Crippen LogP contribution in [0.5, 0.6) is 0 Å². The normalized spacial score (nSPS) is 21.5. The topological polar surface area (TPSA) is 42.4 Å². The van der Waals surface area contributed by atoms with Crippen molar-refractivity contribution in [1.82, 2.24) is 4.98 Å². The Bertz CT molecular complexity index is 368. The van der Waals surface area contributed by atoms with E-state index in [-0.39, 0.29) is 5.60 Å². The maximum absolute atomic E-state index is 9.61. The van der Waals surface area contributed by atoms with Crippen molar-refractivity contribution in [1.29, 1.82) is 0 Å². The van der Waals surface area contributed by atoms with Gasteiger partial charge in [-0.25, -0.2) is 4.98 Å². The monoisotopic (exact) mass is 269 g/mol. The Balaban J connectivity index is 2.26. The van der Waals surface area contributed by atoms with Gasteiger partial charge in [0.1, 0.15) is 10.6 Å². The molecule has 1 aliphatic rings. The number of aliphatic hydroxyl groups is 1. The lowest BCUT2D eigenvalue weighted by Gasteiger charge is -2.30. The minimum Gasteiger partial charge on any atom is -0.387 e. The van der Waals surface area contributed by atoms with Gasteiger partial charge in [0, 0.05) is 12.0 Å². The Morgan fingerprint density at radius 3 is 2.56 bits per heavy atom. The van der Waals surface area contributed by atoms with E-state index in [0.29, 0.717) is 0 Å². The summed E-state index contributed by atoms with van der Waals surface area (Å²) >= 11 is 1.64. The summed E-state index contributed by atoms with van der Waals surface area (Å²) in [5.74, 6) is 0. The number of hydrogen-bond acceptors (Lipinski definition) is 4. The molecule has 0 aromatic carbocycles. The molecule has 102 valence electrons. The highest BCUT2D eigenvalue weighted by atomic mass is 32.1. The molecular formula is C14H23NO2S. The first-order valence-electron chi connectivity index (χ1n) is 6.96. The van der Waals surface area contributed by atoms with Gasteiger partial charge >= 0.3 is 0 Å². The molecule has 0 spiro atoms. The van der Waals surface area contributed by atoms with E-state index in [0.717, 1.165) is 30.2 Å². The maximum atomic E-state index is 9.61. The molecule has 0 saturated heterocycles. The molecule has 0 amide bonds. The highest BCUT2D eigenvalue weighted by Crippen LogP contribution is 2.41. The summed E-state index contributed by atoms with van der Waals surface area (Å²) < 4.78 is 6.10. The Hall–Kier alpha value is -0.450. The standard InChI is InChI=1S/C14H23NO2S/c1-3-17-14(8-6-4-5-7-9-14)13-15-12(10-18-13)11(2)16/h10-11,16H,3-9H2,1-2H3. The summed E-state index contributed by atoms with van der Waals surface area (Å²) in [5, 5.41) is 12.6. The SMILES string of the molecule is CCOC1(c2nc(C(C)O)cs2)CCCCCC1. The van der Waals surface area contributed by atoms with Crippen molar-refractivity contribution in [2.24, 2.45) is 0 Å². The third-order valence-corrected chi connectivity index (χ3v) is 4.72. The lowest BCUT2D eigenvalue weighted by Crippen LogP contribution is -2.29. The zero-order chi connectivity index (χ0) is 13.0. The van der Waals surface area contributed by atoms with Gasteiger partial charge in [0.05, 0.1) is 11.8 Å².